The molecule has 2 aliphatic heterocycles. The van der Waals surface area contributed by atoms with Gasteiger partial charge in [0.2, 0.25) is 5.95 Å². The minimum atomic E-state index is -4.65. The normalized spacial score (nSPS) is 17.4. The van der Waals surface area contributed by atoms with Crippen molar-refractivity contribution in [2.45, 2.75) is 25.4 Å². The molecule has 1 aromatic carbocycles. The van der Waals surface area contributed by atoms with E-state index in [0.29, 0.717) is 54.2 Å². The van der Waals surface area contributed by atoms with Crippen molar-refractivity contribution in [3.63, 3.8) is 0 Å². The number of aliphatic hydroxyl groups is 1. The molecule has 3 aromatic heterocycles. The lowest BCUT2D eigenvalue weighted by molar-refractivity contribution is -0.138. The smallest absolute Gasteiger partial charge is 0.390 e. The van der Waals surface area contributed by atoms with Crippen molar-refractivity contribution >= 4 is 22.9 Å². The van der Waals surface area contributed by atoms with Gasteiger partial charge in [0.1, 0.15) is 0 Å². The van der Waals surface area contributed by atoms with Gasteiger partial charge in [-0.05, 0) is 29.8 Å². The fraction of sp³-hybridized carbons (Fsp3) is 0.346. The average molecular weight is 555 g/mol. The first-order chi connectivity index (χ1) is 19.1. The van der Waals surface area contributed by atoms with Crippen molar-refractivity contribution in [1.29, 1.82) is 0 Å². The van der Waals surface area contributed by atoms with Crippen molar-refractivity contribution in [3.8, 4) is 11.1 Å². The lowest BCUT2D eigenvalue weighted by Crippen LogP contribution is -2.52. The van der Waals surface area contributed by atoms with Gasteiger partial charge in [-0.2, -0.15) is 13.2 Å². The highest BCUT2D eigenvalue weighted by Crippen LogP contribution is 2.32. The SMILES string of the molecule is Cn1c(=O)c2ccc(-c3cnc(N4CCN5C(=O)NCC5C4)nc3)cc2n1Cc1nc(CO)ccc1C(F)(F)F. The molecule has 208 valence electrons. The molecule has 4 aromatic rings. The van der Waals surface area contributed by atoms with E-state index < -0.39 is 18.3 Å². The molecular formula is C26H25F3N8O3. The van der Waals surface area contributed by atoms with E-state index in [4.69, 9.17) is 0 Å². The molecule has 0 aliphatic carbocycles. The van der Waals surface area contributed by atoms with Gasteiger partial charge < -0.3 is 20.2 Å². The van der Waals surface area contributed by atoms with E-state index in [2.05, 4.69) is 20.3 Å². The third-order valence-corrected chi connectivity index (χ3v) is 7.45. The summed E-state index contributed by atoms with van der Waals surface area (Å²) in [6, 6.07) is 7.12. The Balaban J connectivity index is 1.32. The van der Waals surface area contributed by atoms with Crippen LogP contribution in [0.3, 0.4) is 0 Å². The Labute approximate surface area is 225 Å². The number of carbonyl (C=O) groups excluding carboxylic acids is 1. The van der Waals surface area contributed by atoms with Gasteiger partial charge in [-0.1, -0.05) is 6.07 Å². The highest BCUT2D eigenvalue weighted by atomic mass is 19.4. The van der Waals surface area contributed by atoms with Crippen LogP contribution in [-0.4, -0.2) is 72.6 Å². The summed E-state index contributed by atoms with van der Waals surface area (Å²) in [6.07, 6.45) is -1.33. The molecule has 0 radical (unpaired) electrons. The van der Waals surface area contributed by atoms with E-state index in [1.54, 1.807) is 30.6 Å². The number of nitrogens with zero attached hydrogens (tertiary/aromatic N) is 7. The Morgan fingerprint density at radius 2 is 1.85 bits per heavy atom. The number of halogens is 3. The number of rotatable bonds is 5. The van der Waals surface area contributed by atoms with Crippen LogP contribution in [0.5, 0.6) is 0 Å². The number of nitrogens with one attached hydrogen (secondary N) is 1. The number of aliphatic hydroxyl groups excluding tert-OH is 1. The number of anilines is 1. The van der Waals surface area contributed by atoms with Crippen LogP contribution in [0.1, 0.15) is 17.0 Å². The lowest BCUT2D eigenvalue weighted by atomic mass is 10.1. The summed E-state index contributed by atoms with van der Waals surface area (Å²) in [6.45, 7) is 1.54. The summed E-state index contributed by atoms with van der Waals surface area (Å²) in [4.78, 5) is 41.7. The summed E-state index contributed by atoms with van der Waals surface area (Å²) in [7, 11) is 1.48. The Bertz CT molecular complexity index is 1660. The number of piperazine rings is 1. The monoisotopic (exact) mass is 554 g/mol. The van der Waals surface area contributed by atoms with Gasteiger partial charge in [0.25, 0.3) is 5.56 Å². The van der Waals surface area contributed by atoms with E-state index in [9.17, 15) is 27.9 Å². The quantitative estimate of drug-likeness (QED) is 0.387. The zero-order valence-electron chi connectivity index (χ0n) is 21.4. The van der Waals surface area contributed by atoms with Crippen LogP contribution in [0.4, 0.5) is 23.9 Å². The maximum Gasteiger partial charge on any atom is 0.418 e. The Hall–Kier alpha value is -4.46. The molecule has 14 heteroatoms. The lowest BCUT2D eigenvalue weighted by Gasteiger charge is -2.36. The summed E-state index contributed by atoms with van der Waals surface area (Å²) >= 11 is 0. The average Bonchev–Trinajstić information content (AvgIpc) is 3.44. The fourth-order valence-electron chi connectivity index (χ4n) is 5.32. The first-order valence-electron chi connectivity index (χ1n) is 12.6. The zero-order chi connectivity index (χ0) is 28.2. The number of amides is 2. The Morgan fingerprint density at radius 3 is 2.58 bits per heavy atom. The largest absolute Gasteiger partial charge is 0.418 e. The molecule has 2 saturated heterocycles. The second kappa shape index (κ2) is 9.62. The number of carbonyl (C=O) groups is 1. The van der Waals surface area contributed by atoms with Crippen LogP contribution >= 0.6 is 0 Å². The van der Waals surface area contributed by atoms with Crippen molar-refractivity contribution in [2.24, 2.45) is 7.05 Å². The van der Waals surface area contributed by atoms with Gasteiger partial charge in [-0.15, -0.1) is 0 Å². The van der Waals surface area contributed by atoms with Gasteiger partial charge >= 0.3 is 12.2 Å². The molecule has 2 aliphatic rings. The first kappa shape index (κ1) is 25.8. The molecule has 2 amide bonds. The zero-order valence-corrected chi connectivity index (χ0v) is 21.4. The predicted molar refractivity (Wildman–Crippen MR) is 139 cm³/mol. The highest BCUT2D eigenvalue weighted by molar-refractivity contribution is 5.84. The van der Waals surface area contributed by atoms with Gasteiger partial charge in [0, 0.05) is 51.2 Å². The fourth-order valence-corrected chi connectivity index (χ4v) is 5.32. The van der Waals surface area contributed by atoms with Crippen molar-refractivity contribution in [1.82, 2.24) is 34.5 Å². The topological polar surface area (TPSA) is 121 Å². The summed E-state index contributed by atoms with van der Waals surface area (Å²) in [5.41, 5.74) is 0.274. The van der Waals surface area contributed by atoms with E-state index in [1.165, 1.54) is 16.4 Å². The van der Waals surface area contributed by atoms with Crippen LogP contribution in [0.25, 0.3) is 22.0 Å². The molecule has 0 bridgehead atoms. The van der Waals surface area contributed by atoms with Gasteiger partial charge in [-0.25, -0.2) is 14.8 Å². The maximum atomic E-state index is 13.7. The van der Waals surface area contributed by atoms with E-state index in [-0.39, 0.29) is 35.6 Å². The second-order valence-corrected chi connectivity index (χ2v) is 9.82. The van der Waals surface area contributed by atoms with E-state index in [1.807, 2.05) is 9.80 Å². The number of aromatic nitrogens is 5. The van der Waals surface area contributed by atoms with Crippen LogP contribution in [0, 0.1) is 0 Å². The molecule has 5 heterocycles. The van der Waals surface area contributed by atoms with Gasteiger partial charge in [-0.3, -0.25) is 19.1 Å². The highest BCUT2D eigenvalue weighted by Gasteiger charge is 2.36. The van der Waals surface area contributed by atoms with Crippen LogP contribution in [0.15, 0.2) is 47.5 Å². The second-order valence-electron chi connectivity index (χ2n) is 9.82. The number of fused-ring (bicyclic) bond motifs is 2. The number of urea groups is 1. The third-order valence-electron chi connectivity index (χ3n) is 7.45. The summed E-state index contributed by atoms with van der Waals surface area (Å²) in [5, 5.41) is 12.6. The molecular weight excluding hydrogens is 529 g/mol. The number of hydrogen-bond acceptors (Lipinski definition) is 7. The molecule has 0 saturated carbocycles. The van der Waals surface area contributed by atoms with Crippen LogP contribution in [0.2, 0.25) is 0 Å². The van der Waals surface area contributed by atoms with Crippen molar-refractivity contribution in [2.75, 3.05) is 31.1 Å². The van der Waals surface area contributed by atoms with E-state index in [0.717, 1.165) is 12.1 Å². The summed E-state index contributed by atoms with van der Waals surface area (Å²) in [5.74, 6) is 0.537. The Kier molecular flexibility index (Phi) is 6.21. The molecule has 11 nitrogen and oxygen atoms in total. The molecule has 2 N–H and O–H groups in total. The number of pyridine rings is 1. The number of alkyl halides is 3. The number of hydrogen-bond donors (Lipinski definition) is 2. The molecule has 0 spiro atoms. The molecule has 40 heavy (non-hydrogen) atoms. The number of benzene rings is 1. The maximum absolute atomic E-state index is 13.7. The minimum Gasteiger partial charge on any atom is -0.390 e. The molecule has 1 atom stereocenters. The Morgan fingerprint density at radius 1 is 1.07 bits per heavy atom. The van der Waals surface area contributed by atoms with Crippen LogP contribution < -0.4 is 15.8 Å². The van der Waals surface area contributed by atoms with Gasteiger partial charge in [0.05, 0.1) is 47.0 Å². The summed E-state index contributed by atoms with van der Waals surface area (Å²) < 4.78 is 43.9. The predicted octanol–water partition coefficient (Wildman–Crippen LogP) is 1.97. The van der Waals surface area contributed by atoms with Crippen LogP contribution in [-0.2, 0) is 26.4 Å². The van der Waals surface area contributed by atoms with Gasteiger partial charge in [0.15, 0.2) is 0 Å². The molecule has 1 unspecified atom stereocenters. The van der Waals surface area contributed by atoms with Crippen molar-refractivity contribution < 1.29 is 23.1 Å². The molecule has 6 rings (SSSR count). The van der Waals surface area contributed by atoms with E-state index >= 15 is 0 Å². The van der Waals surface area contributed by atoms with Crippen molar-refractivity contribution in [3.05, 3.63) is 70.0 Å². The first-order valence-corrected chi connectivity index (χ1v) is 12.6. The minimum absolute atomic E-state index is 0.0535. The standard InChI is InChI=1S/C26H25F3N8O3/c1-34-23(39)19-4-2-15(8-22(19)37(34)13-21-20(26(27,28)29)5-3-17(14-38)33-21)16-9-30-24(31-10-16)35-6-7-36-18(12-35)11-32-25(36)40/h2-5,8-10,18,38H,6-7,11-14H2,1H3,(H,32,40). The molecule has 2 fully saturated rings. The third kappa shape index (κ3) is 4.43.